The van der Waals surface area contributed by atoms with Gasteiger partial charge in [-0.25, -0.2) is 13.5 Å². The van der Waals surface area contributed by atoms with Gasteiger partial charge >= 0.3 is 0 Å². The van der Waals surface area contributed by atoms with E-state index in [-0.39, 0.29) is 18.4 Å². The number of Topliss-reactive ketones (excluding diaryl/α,β-unsaturated/α-hetero) is 1. The predicted molar refractivity (Wildman–Crippen MR) is 108 cm³/mol. The van der Waals surface area contributed by atoms with Crippen molar-refractivity contribution in [2.45, 2.75) is 51.4 Å². The lowest BCUT2D eigenvalue weighted by Gasteiger charge is -2.30. The molecule has 5 nitrogen and oxygen atoms in total. The van der Waals surface area contributed by atoms with Crippen molar-refractivity contribution in [2.24, 2.45) is 0 Å². The number of pyridine rings is 1. The highest BCUT2D eigenvalue weighted by Crippen LogP contribution is 2.43. The lowest BCUT2D eigenvalue weighted by atomic mass is 9.95. The molecule has 3 rings (SSSR count). The molecule has 2 heterocycles. The van der Waals surface area contributed by atoms with Crippen molar-refractivity contribution < 1.29 is 14.1 Å². The maximum atomic E-state index is 13.2. The molecule has 2 aromatic rings. The summed E-state index contributed by atoms with van der Waals surface area (Å²) in [6.45, 7) is 7.81. The number of aromatic nitrogens is 1. The van der Waals surface area contributed by atoms with Crippen molar-refractivity contribution in [1.29, 1.82) is 0 Å². The summed E-state index contributed by atoms with van der Waals surface area (Å²) in [7, 11) is -1.24. The fourth-order valence-corrected chi connectivity index (χ4v) is 4.87. The number of aliphatic hydroxyl groups excluding tert-OH is 1. The van der Waals surface area contributed by atoms with Crippen LogP contribution in [0.15, 0.2) is 36.4 Å². The van der Waals surface area contributed by atoms with Crippen LogP contribution in [0.1, 0.15) is 61.8 Å². The monoisotopic (exact) mass is 386 g/mol. The Bertz CT molecular complexity index is 875. The Hall–Kier alpha value is -1.89. The standard InChI is InChI=1S/C21H26N2O3S/c1-14(25)17-12-16-13-23(27(26)21(2,3)4)18(10-11-24)19(16)20(22-17)15-8-6-5-7-9-15/h5-9,12,18,24H,10-11,13H2,1-4H3/t18-,27?/m1/s1. The molecule has 0 bridgehead atoms. The average Bonchev–Trinajstić information content (AvgIpc) is 2.99. The minimum atomic E-state index is -1.24. The molecule has 0 amide bonds. The average molecular weight is 387 g/mol. The number of ketones is 1. The van der Waals surface area contributed by atoms with Crippen LogP contribution in [0.4, 0.5) is 0 Å². The second kappa shape index (κ2) is 7.62. The number of aliphatic hydroxyl groups is 1. The van der Waals surface area contributed by atoms with Gasteiger partial charge in [-0.1, -0.05) is 30.3 Å². The molecule has 0 saturated carbocycles. The molecule has 0 saturated heterocycles. The second-order valence-electron chi connectivity index (χ2n) is 7.82. The van der Waals surface area contributed by atoms with E-state index in [1.807, 2.05) is 61.5 Å². The summed E-state index contributed by atoms with van der Waals surface area (Å²) in [5, 5.41) is 9.66. The third-order valence-corrected chi connectivity index (χ3v) is 6.56. The van der Waals surface area contributed by atoms with Gasteiger partial charge in [-0.05, 0) is 38.8 Å². The summed E-state index contributed by atoms with van der Waals surface area (Å²) in [5.41, 5.74) is 4.01. The van der Waals surface area contributed by atoms with E-state index < -0.39 is 15.7 Å². The normalized spacial score (nSPS) is 18.3. The molecule has 144 valence electrons. The van der Waals surface area contributed by atoms with Gasteiger partial charge in [-0.3, -0.25) is 4.79 Å². The molecular weight excluding hydrogens is 360 g/mol. The summed E-state index contributed by atoms with van der Waals surface area (Å²) in [5.74, 6) is -0.0934. The molecule has 0 fully saturated rings. The van der Waals surface area contributed by atoms with Crippen LogP contribution in [-0.4, -0.2) is 35.7 Å². The van der Waals surface area contributed by atoms with E-state index in [9.17, 15) is 14.1 Å². The molecule has 0 radical (unpaired) electrons. The number of hydrogen-bond acceptors (Lipinski definition) is 4. The molecule has 0 spiro atoms. The van der Waals surface area contributed by atoms with Gasteiger partial charge in [0.1, 0.15) is 16.7 Å². The predicted octanol–water partition coefficient (Wildman–Crippen LogP) is 3.65. The lowest BCUT2D eigenvalue weighted by molar-refractivity contribution is 0.101. The molecule has 6 heteroatoms. The number of nitrogens with zero attached hydrogens (tertiary/aromatic N) is 2. The first-order chi connectivity index (χ1) is 12.7. The topological polar surface area (TPSA) is 70.5 Å². The molecule has 0 aliphatic carbocycles. The van der Waals surface area contributed by atoms with Crippen molar-refractivity contribution in [3.8, 4) is 11.3 Å². The van der Waals surface area contributed by atoms with Crippen LogP contribution in [0, 0.1) is 0 Å². The van der Waals surface area contributed by atoms with E-state index in [4.69, 9.17) is 0 Å². The highest BCUT2D eigenvalue weighted by molar-refractivity contribution is 7.84. The molecule has 1 aliphatic heterocycles. The zero-order chi connectivity index (χ0) is 19.8. The third kappa shape index (κ3) is 3.88. The van der Waals surface area contributed by atoms with E-state index in [1.165, 1.54) is 6.92 Å². The Kier molecular flexibility index (Phi) is 5.60. The van der Waals surface area contributed by atoms with Gasteiger partial charge in [0.05, 0.1) is 16.5 Å². The maximum absolute atomic E-state index is 13.2. The minimum absolute atomic E-state index is 0.00929. The fourth-order valence-electron chi connectivity index (χ4n) is 3.47. The molecule has 1 aliphatic rings. The van der Waals surface area contributed by atoms with E-state index in [0.29, 0.717) is 18.7 Å². The Morgan fingerprint density at radius 1 is 1.30 bits per heavy atom. The number of benzene rings is 1. The van der Waals surface area contributed by atoms with Crippen molar-refractivity contribution in [3.63, 3.8) is 0 Å². The van der Waals surface area contributed by atoms with E-state index in [0.717, 1.165) is 22.4 Å². The minimum Gasteiger partial charge on any atom is -0.396 e. The number of carbonyl (C=O) groups excluding carboxylic acids is 1. The lowest BCUT2D eigenvalue weighted by Crippen LogP contribution is -2.36. The zero-order valence-corrected chi connectivity index (χ0v) is 17.0. The number of rotatable bonds is 5. The van der Waals surface area contributed by atoms with Crippen LogP contribution < -0.4 is 0 Å². The Labute approximate surface area is 163 Å². The molecule has 1 unspecified atom stereocenters. The number of hydrogen-bond donors (Lipinski definition) is 1. The van der Waals surface area contributed by atoms with Gasteiger partial charge in [0.2, 0.25) is 0 Å². The zero-order valence-electron chi connectivity index (χ0n) is 16.2. The van der Waals surface area contributed by atoms with E-state index >= 15 is 0 Å². The molecule has 1 aromatic carbocycles. The van der Waals surface area contributed by atoms with Gasteiger partial charge in [-0.2, -0.15) is 0 Å². The maximum Gasteiger partial charge on any atom is 0.178 e. The van der Waals surface area contributed by atoms with Crippen LogP contribution in [0.2, 0.25) is 0 Å². The first-order valence-electron chi connectivity index (χ1n) is 9.13. The number of carbonyl (C=O) groups is 1. The number of fused-ring (bicyclic) bond motifs is 1. The van der Waals surface area contributed by atoms with Crippen LogP contribution in [0.5, 0.6) is 0 Å². The Morgan fingerprint density at radius 2 is 1.96 bits per heavy atom. The second-order valence-corrected chi connectivity index (χ2v) is 10.0. The smallest absolute Gasteiger partial charge is 0.178 e. The van der Waals surface area contributed by atoms with Crippen LogP contribution >= 0.6 is 0 Å². The fraction of sp³-hybridized carbons (Fsp3) is 0.429. The van der Waals surface area contributed by atoms with Crippen molar-refractivity contribution >= 4 is 16.8 Å². The SMILES string of the molecule is CC(=O)c1cc2c(c(-c3ccccc3)n1)[C@@H](CCO)N(S(=O)C(C)(C)C)C2. The Morgan fingerprint density at radius 3 is 2.52 bits per heavy atom. The third-order valence-electron chi connectivity index (χ3n) is 4.70. The molecular formula is C21H26N2O3S. The van der Waals surface area contributed by atoms with Gasteiger partial charge in [0.15, 0.2) is 5.78 Å². The van der Waals surface area contributed by atoms with Gasteiger partial charge in [0.25, 0.3) is 0 Å². The quantitative estimate of drug-likeness (QED) is 0.796. The van der Waals surface area contributed by atoms with Crippen LogP contribution in [0.3, 0.4) is 0 Å². The summed E-state index contributed by atoms with van der Waals surface area (Å²) in [6, 6.07) is 11.3. The van der Waals surface area contributed by atoms with Gasteiger partial charge < -0.3 is 5.11 Å². The Balaban J connectivity index is 2.20. The van der Waals surface area contributed by atoms with Crippen LogP contribution in [-0.2, 0) is 17.5 Å². The van der Waals surface area contributed by atoms with E-state index in [1.54, 1.807) is 0 Å². The highest BCUT2D eigenvalue weighted by atomic mass is 32.2. The molecule has 27 heavy (non-hydrogen) atoms. The molecule has 2 atom stereocenters. The molecule has 1 aromatic heterocycles. The van der Waals surface area contributed by atoms with Gasteiger partial charge in [-0.15, -0.1) is 0 Å². The summed E-state index contributed by atoms with van der Waals surface area (Å²) in [4.78, 5) is 16.7. The largest absolute Gasteiger partial charge is 0.396 e. The van der Waals surface area contributed by atoms with Gasteiger partial charge in [0, 0.05) is 31.2 Å². The van der Waals surface area contributed by atoms with Crippen molar-refractivity contribution in [1.82, 2.24) is 9.29 Å². The van der Waals surface area contributed by atoms with E-state index in [2.05, 4.69) is 4.98 Å². The highest BCUT2D eigenvalue weighted by Gasteiger charge is 2.40. The van der Waals surface area contributed by atoms with Crippen molar-refractivity contribution in [2.75, 3.05) is 6.61 Å². The summed E-state index contributed by atoms with van der Waals surface area (Å²) in [6.07, 6.45) is 0.468. The summed E-state index contributed by atoms with van der Waals surface area (Å²) >= 11 is 0. The van der Waals surface area contributed by atoms with Crippen molar-refractivity contribution in [3.05, 3.63) is 53.2 Å². The summed E-state index contributed by atoms with van der Waals surface area (Å²) < 4.78 is 14.7. The van der Waals surface area contributed by atoms with Crippen LogP contribution in [0.25, 0.3) is 11.3 Å². The first kappa shape index (κ1) is 19.9. The first-order valence-corrected chi connectivity index (χ1v) is 10.2. The molecule has 1 N–H and O–H groups in total.